The second-order valence-electron chi connectivity index (χ2n) is 9.65. The highest BCUT2D eigenvalue weighted by atomic mass is 32.2. The van der Waals surface area contributed by atoms with Gasteiger partial charge in [0.05, 0.1) is 0 Å². The number of benzene rings is 2. The fourth-order valence-electron chi connectivity index (χ4n) is 5.82. The van der Waals surface area contributed by atoms with Crippen molar-refractivity contribution in [1.29, 1.82) is 0 Å². The van der Waals surface area contributed by atoms with Crippen molar-refractivity contribution in [3.05, 3.63) is 100.0 Å². The number of thioether (sulfide) groups is 1. The number of carbonyl (C=O) groups is 1. The summed E-state index contributed by atoms with van der Waals surface area (Å²) in [4.78, 5) is 30.5. The second kappa shape index (κ2) is 9.28. The van der Waals surface area contributed by atoms with Gasteiger partial charge in [0.2, 0.25) is 5.91 Å². The van der Waals surface area contributed by atoms with Crippen molar-refractivity contribution in [2.75, 3.05) is 24.5 Å². The van der Waals surface area contributed by atoms with Crippen LogP contribution in [0.4, 0.5) is 5.69 Å². The number of fused-ring (bicyclic) bond motifs is 5. The van der Waals surface area contributed by atoms with Crippen molar-refractivity contribution in [1.82, 2.24) is 9.47 Å². The van der Waals surface area contributed by atoms with Crippen molar-refractivity contribution in [3.8, 4) is 0 Å². The summed E-state index contributed by atoms with van der Waals surface area (Å²) in [5, 5.41) is -0.397. The van der Waals surface area contributed by atoms with Crippen LogP contribution >= 0.6 is 24.0 Å². The van der Waals surface area contributed by atoms with E-state index in [4.69, 9.17) is 12.2 Å². The molecule has 3 aliphatic rings. The molecule has 0 N–H and O–H groups in total. The third-order valence-electron chi connectivity index (χ3n) is 7.44. The summed E-state index contributed by atoms with van der Waals surface area (Å²) in [6.45, 7) is 3.05. The summed E-state index contributed by atoms with van der Waals surface area (Å²) in [5.41, 5.74) is 4.40. The van der Waals surface area contributed by atoms with Crippen LogP contribution in [-0.2, 0) is 17.8 Å². The Morgan fingerprint density at radius 3 is 2.60 bits per heavy atom. The average molecular weight is 502 g/mol. The number of nitrogens with zero attached hydrogens (tertiary/aromatic N) is 3. The second-order valence-corrected chi connectivity index (χ2v) is 11.4. The van der Waals surface area contributed by atoms with Gasteiger partial charge < -0.3 is 14.4 Å². The van der Waals surface area contributed by atoms with E-state index in [1.165, 1.54) is 17.3 Å². The lowest BCUT2D eigenvalue weighted by molar-refractivity contribution is -0.118. The molecule has 7 heteroatoms. The van der Waals surface area contributed by atoms with Gasteiger partial charge in [0.15, 0.2) is 0 Å². The van der Waals surface area contributed by atoms with E-state index in [1.807, 2.05) is 64.1 Å². The summed E-state index contributed by atoms with van der Waals surface area (Å²) in [6.07, 6.45) is 1.96. The Balaban J connectivity index is 1.25. The molecule has 0 spiro atoms. The topological polar surface area (TPSA) is 45.6 Å². The van der Waals surface area contributed by atoms with Gasteiger partial charge in [0, 0.05) is 49.5 Å². The minimum atomic E-state index is -0.397. The molecule has 1 aromatic heterocycles. The first kappa shape index (κ1) is 22.6. The number of thiocarbonyl (C=S) groups is 1. The van der Waals surface area contributed by atoms with Crippen LogP contribution in [0.1, 0.15) is 34.4 Å². The maximum atomic E-state index is 13.9. The molecule has 1 fully saturated rings. The molecule has 2 bridgehead atoms. The fourth-order valence-corrected chi connectivity index (χ4v) is 7.28. The molecule has 2 aromatic carbocycles. The van der Waals surface area contributed by atoms with E-state index >= 15 is 0 Å². The van der Waals surface area contributed by atoms with Crippen LogP contribution < -0.4 is 10.5 Å². The predicted octanol–water partition coefficient (Wildman–Crippen LogP) is 4.62. The molecule has 4 heterocycles. The van der Waals surface area contributed by atoms with Gasteiger partial charge in [-0.05, 0) is 42.0 Å². The first-order valence-corrected chi connectivity index (χ1v) is 13.5. The molecule has 0 radical (unpaired) electrons. The number of piperidine rings is 1. The molecular formula is C28H27N3O2S2. The van der Waals surface area contributed by atoms with Crippen molar-refractivity contribution in [3.63, 3.8) is 0 Å². The first-order valence-electron chi connectivity index (χ1n) is 12.2. The number of anilines is 1. The van der Waals surface area contributed by atoms with E-state index in [2.05, 4.69) is 17.0 Å². The Hall–Kier alpha value is -2.90. The van der Waals surface area contributed by atoms with Gasteiger partial charge >= 0.3 is 0 Å². The first-order chi connectivity index (χ1) is 17.1. The van der Waals surface area contributed by atoms with Crippen LogP contribution in [0.3, 0.4) is 0 Å². The largest absolute Gasteiger partial charge is 0.356 e. The molecule has 1 amide bonds. The van der Waals surface area contributed by atoms with Gasteiger partial charge in [-0.25, -0.2) is 0 Å². The summed E-state index contributed by atoms with van der Waals surface area (Å²) in [5.74, 6) is 0.755. The normalized spacial score (nSPS) is 21.3. The molecular weight excluding hydrogens is 474 g/mol. The van der Waals surface area contributed by atoms with E-state index < -0.39 is 5.25 Å². The van der Waals surface area contributed by atoms with Gasteiger partial charge in [-0.2, -0.15) is 0 Å². The Morgan fingerprint density at radius 1 is 0.943 bits per heavy atom. The van der Waals surface area contributed by atoms with Crippen molar-refractivity contribution < 1.29 is 4.79 Å². The Kier molecular flexibility index (Phi) is 5.98. The molecule has 1 saturated heterocycles. The van der Waals surface area contributed by atoms with Crippen molar-refractivity contribution in [2.45, 2.75) is 30.6 Å². The lowest BCUT2D eigenvalue weighted by Crippen LogP contribution is -2.48. The monoisotopic (exact) mass is 501 g/mol. The van der Waals surface area contributed by atoms with Crippen LogP contribution in [0.2, 0.25) is 0 Å². The summed E-state index contributed by atoms with van der Waals surface area (Å²) in [6, 6.07) is 23.7. The van der Waals surface area contributed by atoms with E-state index in [1.54, 1.807) is 6.07 Å². The van der Waals surface area contributed by atoms with Gasteiger partial charge in [0.1, 0.15) is 9.57 Å². The van der Waals surface area contributed by atoms with Gasteiger partial charge in [-0.3, -0.25) is 9.59 Å². The summed E-state index contributed by atoms with van der Waals surface area (Å²) in [7, 11) is 0. The quantitative estimate of drug-likeness (QED) is 0.490. The number of aromatic nitrogens is 1. The lowest BCUT2D eigenvalue weighted by atomic mass is 9.83. The predicted molar refractivity (Wildman–Crippen MR) is 145 cm³/mol. The van der Waals surface area contributed by atoms with Gasteiger partial charge in [0.25, 0.3) is 5.56 Å². The van der Waals surface area contributed by atoms with Gasteiger partial charge in [-0.1, -0.05) is 78.6 Å². The molecule has 0 aliphatic carbocycles. The number of rotatable bonds is 3. The molecule has 178 valence electrons. The smallest absolute Gasteiger partial charge is 0.250 e. The molecule has 0 unspecified atom stereocenters. The zero-order valence-corrected chi connectivity index (χ0v) is 21.0. The highest BCUT2D eigenvalue weighted by Crippen LogP contribution is 2.40. The number of hydrogen-bond donors (Lipinski definition) is 0. The third kappa shape index (κ3) is 4.21. The Morgan fingerprint density at radius 2 is 1.74 bits per heavy atom. The fraction of sp³-hybridized carbons (Fsp3) is 0.321. The number of amides is 1. The maximum Gasteiger partial charge on any atom is 0.250 e. The number of hydrogen-bond acceptors (Lipinski definition) is 4. The Labute approximate surface area is 214 Å². The molecule has 35 heavy (non-hydrogen) atoms. The van der Waals surface area contributed by atoms with E-state index in [0.717, 1.165) is 53.7 Å². The maximum absolute atomic E-state index is 13.9. The number of pyridine rings is 1. The van der Waals surface area contributed by atoms with Crippen LogP contribution in [0.5, 0.6) is 0 Å². The minimum absolute atomic E-state index is 0.0857. The molecule has 6 rings (SSSR count). The SMILES string of the molecule is O=C([C@@H](SC(=S)N1C[C@H]2C[C@@H](C1)c1cccc(=O)n1C2)c1ccccc1)N1CCc2ccccc21. The number of carbonyl (C=O) groups excluding carboxylic acids is 1. The van der Waals surface area contributed by atoms with Crippen LogP contribution in [0, 0.1) is 5.92 Å². The molecule has 3 aromatic rings. The van der Waals surface area contributed by atoms with E-state index in [-0.39, 0.29) is 17.4 Å². The van der Waals surface area contributed by atoms with E-state index in [0.29, 0.717) is 12.5 Å². The van der Waals surface area contributed by atoms with Crippen molar-refractivity contribution >= 4 is 39.9 Å². The Bertz CT molecular complexity index is 1340. The van der Waals surface area contributed by atoms with Gasteiger partial charge in [-0.15, -0.1) is 0 Å². The minimum Gasteiger partial charge on any atom is -0.356 e. The summed E-state index contributed by atoms with van der Waals surface area (Å²) >= 11 is 7.47. The average Bonchev–Trinajstić information content (AvgIpc) is 3.32. The van der Waals surface area contributed by atoms with Crippen molar-refractivity contribution in [2.24, 2.45) is 5.92 Å². The standard InChI is InChI=1S/C28H27N3O2S2/c32-25-12-6-11-24-22-15-19(17-31(24)25)16-29(18-22)28(34)35-26(21-8-2-1-3-9-21)27(33)30-14-13-20-7-4-5-10-23(20)30/h1-12,19,22,26H,13-18H2/t19-,22+,26+/m1/s1. The molecule has 5 nitrogen and oxygen atoms in total. The third-order valence-corrected chi connectivity index (χ3v) is 9.15. The number of para-hydroxylation sites is 1. The summed E-state index contributed by atoms with van der Waals surface area (Å²) < 4.78 is 2.70. The van der Waals surface area contributed by atoms with Crippen LogP contribution in [0.15, 0.2) is 77.6 Å². The zero-order valence-electron chi connectivity index (χ0n) is 19.4. The van der Waals surface area contributed by atoms with E-state index in [9.17, 15) is 9.59 Å². The molecule has 0 saturated carbocycles. The molecule has 3 aliphatic heterocycles. The molecule has 3 atom stereocenters. The highest BCUT2D eigenvalue weighted by Gasteiger charge is 2.38. The highest BCUT2D eigenvalue weighted by molar-refractivity contribution is 8.23. The number of likely N-dealkylation sites (tertiary alicyclic amines) is 1. The van der Waals surface area contributed by atoms with Crippen LogP contribution in [0.25, 0.3) is 0 Å². The van der Waals surface area contributed by atoms with Crippen LogP contribution in [-0.4, -0.2) is 39.3 Å². The zero-order chi connectivity index (χ0) is 23.9. The lowest BCUT2D eigenvalue weighted by Gasteiger charge is -2.43.